The largest absolute Gasteiger partial charge is 0.503 e. The molecule has 6 atom stereocenters. The first kappa shape index (κ1) is 39.1. The number of fused-ring (bicyclic) bond motifs is 4. The van der Waals surface area contributed by atoms with Crippen LogP contribution in [-0.4, -0.2) is 50.8 Å². The van der Waals surface area contributed by atoms with Gasteiger partial charge >= 0.3 is 6.18 Å². The highest BCUT2D eigenvalue weighted by molar-refractivity contribution is 6.33. The third kappa shape index (κ3) is 5.87. The highest BCUT2D eigenvalue weighted by Gasteiger charge is 2.70. The number of benzene rings is 3. The first-order valence-corrected chi connectivity index (χ1v) is 18.6. The average molecular weight is 857 g/mol. The van der Waals surface area contributed by atoms with Gasteiger partial charge in [-0.15, -0.1) is 0 Å². The number of alkyl halides is 3. The van der Waals surface area contributed by atoms with E-state index in [4.69, 9.17) is 39.5 Å². The van der Waals surface area contributed by atoms with E-state index in [9.17, 15) is 42.8 Å². The number of hydrazine groups is 1. The number of anilines is 2. The molecule has 0 bridgehead atoms. The van der Waals surface area contributed by atoms with E-state index < -0.39 is 91.9 Å². The number of carbonyl (C=O) groups is 4. The predicted octanol–water partition coefficient (Wildman–Crippen LogP) is 7.87. The predicted molar refractivity (Wildman–Crippen MR) is 202 cm³/mol. The molecule has 1 saturated carbocycles. The number of non-ortho nitro benzene ring substituents is 1. The summed E-state index contributed by atoms with van der Waals surface area (Å²) in [6, 6.07) is 14.5. The highest BCUT2D eigenvalue weighted by atomic mass is 35.5. The smallest absolute Gasteiger partial charge is 0.417 e. The Kier molecular flexibility index (Phi) is 9.44. The monoisotopic (exact) mass is 855 g/mol. The number of allylic oxidation sites excluding steroid dienone is 2. The summed E-state index contributed by atoms with van der Waals surface area (Å²) in [5.74, 6) is -9.10. The molecule has 19 heteroatoms. The van der Waals surface area contributed by atoms with Crippen molar-refractivity contribution in [2.75, 3.05) is 17.4 Å². The molecule has 2 aliphatic carbocycles. The van der Waals surface area contributed by atoms with E-state index in [0.717, 1.165) is 4.90 Å². The van der Waals surface area contributed by atoms with Crippen molar-refractivity contribution >= 4 is 75.6 Å². The molecule has 1 aromatic heterocycles. The number of pyridine rings is 1. The van der Waals surface area contributed by atoms with Gasteiger partial charge in [0.2, 0.25) is 11.8 Å². The number of nitro benzene ring substituents is 1. The van der Waals surface area contributed by atoms with Crippen molar-refractivity contribution in [1.82, 2.24) is 9.99 Å². The van der Waals surface area contributed by atoms with Gasteiger partial charge in [0.1, 0.15) is 0 Å². The van der Waals surface area contributed by atoms with Crippen LogP contribution < -0.4 is 15.1 Å². The number of phenols is 1. The lowest BCUT2D eigenvalue weighted by Gasteiger charge is -2.50. The number of amides is 4. The fourth-order valence-corrected chi connectivity index (χ4v) is 9.61. The molecule has 0 unspecified atom stereocenters. The minimum Gasteiger partial charge on any atom is -0.503 e. The number of rotatable bonds is 7. The normalized spacial score (nSPS) is 25.3. The number of hydrogen-bond donors (Lipinski definition) is 2. The average Bonchev–Trinajstić information content (AvgIpc) is 3.57. The Morgan fingerprint density at radius 1 is 0.948 bits per heavy atom. The second kappa shape index (κ2) is 14.0. The second-order valence-corrected chi connectivity index (χ2v) is 15.5. The van der Waals surface area contributed by atoms with E-state index in [-0.39, 0.29) is 40.6 Å². The van der Waals surface area contributed by atoms with E-state index in [1.807, 2.05) is 0 Å². The molecule has 2 N–H and O–H groups in total. The molecule has 298 valence electrons. The number of phenolic OH excluding ortho intramolecular Hbond substituents is 1. The van der Waals surface area contributed by atoms with Crippen molar-refractivity contribution in [3.05, 3.63) is 126 Å². The van der Waals surface area contributed by atoms with Crippen molar-refractivity contribution in [3.8, 4) is 11.5 Å². The number of halogens is 6. The van der Waals surface area contributed by atoms with E-state index in [1.165, 1.54) is 55.6 Å². The molecule has 13 nitrogen and oxygen atoms in total. The Bertz CT molecular complexity index is 2490. The van der Waals surface area contributed by atoms with Crippen molar-refractivity contribution < 1.29 is 47.1 Å². The molecule has 4 aromatic rings. The van der Waals surface area contributed by atoms with Crippen LogP contribution in [0.4, 0.5) is 30.4 Å². The number of ether oxygens (including phenoxy) is 1. The van der Waals surface area contributed by atoms with Gasteiger partial charge in [0, 0.05) is 29.3 Å². The minimum absolute atomic E-state index is 0.0283. The summed E-state index contributed by atoms with van der Waals surface area (Å²) in [6.07, 6.45) is -2.69. The molecule has 4 amide bonds. The van der Waals surface area contributed by atoms with Gasteiger partial charge in [-0.3, -0.25) is 39.6 Å². The zero-order chi connectivity index (χ0) is 41.6. The maximum atomic E-state index is 15.4. The van der Waals surface area contributed by atoms with Crippen LogP contribution in [0.3, 0.4) is 0 Å². The Morgan fingerprint density at radius 3 is 2.26 bits per heavy atom. The third-order valence-corrected chi connectivity index (χ3v) is 12.3. The van der Waals surface area contributed by atoms with Crippen LogP contribution in [0.1, 0.15) is 35.4 Å². The molecule has 3 aromatic carbocycles. The van der Waals surface area contributed by atoms with Crippen molar-refractivity contribution in [3.63, 3.8) is 0 Å². The zero-order valence-corrected chi connectivity index (χ0v) is 31.9. The number of methoxy groups -OCH3 is 1. The van der Waals surface area contributed by atoms with Gasteiger partial charge in [-0.2, -0.15) is 18.2 Å². The van der Waals surface area contributed by atoms with Gasteiger partial charge < -0.3 is 9.84 Å². The van der Waals surface area contributed by atoms with E-state index in [0.29, 0.717) is 33.4 Å². The summed E-state index contributed by atoms with van der Waals surface area (Å²) >= 11 is 19.1. The van der Waals surface area contributed by atoms with E-state index >= 15 is 4.79 Å². The van der Waals surface area contributed by atoms with Crippen LogP contribution >= 0.6 is 34.8 Å². The first-order valence-electron chi connectivity index (χ1n) is 17.5. The molecule has 3 fully saturated rings. The molecule has 0 radical (unpaired) electrons. The number of aromatic nitrogens is 1. The SMILES string of the molecule is COc1cc([C@H]2C3=CC[C@@H]4C(=O)N(c5ccc([N+](=O)[O-])cc5)C(=O)[C@@H]4[C@@H]3C[C@H]3C(=O)N(Nc4ncc(C(F)(F)F)cc4Cl)C(=O)[C@@]23c2ccc(Cl)cc2)cc(Cl)c1O. The Balaban J connectivity index is 1.32. The molecule has 2 aliphatic heterocycles. The second-order valence-electron chi connectivity index (χ2n) is 14.3. The Morgan fingerprint density at radius 2 is 1.64 bits per heavy atom. The molecule has 8 rings (SSSR count). The van der Waals surface area contributed by atoms with Crippen molar-refractivity contribution in [2.24, 2.45) is 23.7 Å². The molecular formula is C39H27Cl3F3N5O8. The summed E-state index contributed by atoms with van der Waals surface area (Å²) in [7, 11) is 1.29. The van der Waals surface area contributed by atoms with Crippen LogP contribution in [0.15, 0.2) is 84.6 Å². The van der Waals surface area contributed by atoms with E-state index in [2.05, 4.69) is 10.4 Å². The maximum Gasteiger partial charge on any atom is 0.417 e. The lowest BCUT2D eigenvalue weighted by Crippen LogP contribution is -2.53. The molecule has 2 saturated heterocycles. The minimum atomic E-state index is -4.79. The molecule has 58 heavy (non-hydrogen) atoms. The van der Waals surface area contributed by atoms with Crippen LogP contribution in [0.25, 0.3) is 0 Å². The molecule has 0 spiro atoms. The number of nitrogens with one attached hydrogen (secondary N) is 1. The fourth-order valence-electron chi connectivity index (χ4n) is 9.05. The fraction of sp³-hybridized carbons (Fsp3) is 0.256. The standard InChI is InChI=1S/C39H27Cl3F3N5O8/c1-58-29-13-17(12-27(41)32(29)51)31-23-10-11-24-30(36(54)48(34(24)52)21-6-8-22(9-7-21)50(56)57)25(23)15-26-35(53)49(37(55)38(26,31)18-2-4-20(40)5-3-18)47-33-28(42)14-19(16-46-33)39(43,44)45/h2-10,12-14,16,24-26,30-31,51H,11,15H2,1H3,(H,46,47)/t24-,25+,26-,30-,31-,38+/m0/s1. The number of carbonyl (C=O) groups excluding carboxylic acids is 4. The lowest BCUT2D eigenvalue weighted by atomic mass is 9.49. The molecule has 4 aliphatic rings. The topological polar surface area (TPSA) is 172 Å². The van der Waals surface area contributed by atoms with Gasteiger partial charge in [-0.05, 0) is 72.4 Å². The van der Waals surface area contributed by atoms with Crippen LogP contribution in [0, 0.1) is 33.8 Å². The van der Waals surface area contributed by atoms with E-state index in [1.54, 1.807) is 18.2 Å². The number of aromatic hydroxyl groups is 1. The first-order chi connectivity index (χ1) is 27.5. The summed E-state index contributed by atoms with van der Waals surface area (Å²) in [5.41, 5.74) is 0.446. The third-order valence-electron chi connectivity index (χ3n) is 11.5. The quantitative estimate of drug-likeness (QED) is 0.0807. The molecular weight excluding hydrogens is 830 g/mol. The summed E-state index contributed by atoms with van der Waals surface area (Å²) in [5, 5.41) is 22.3. The highest BCUT2D eigenvalue weighted by Crippen LogP contribution is 2.65. The van der Waals surface area contributed by atoms with Crippen LogP contribution in [0.2, 0.25) is 15.1 Å². The van der Waals surface area contributed by atoms with Crippen LogP contribution in [0.5, 0.6) is 11.5 Å². The van der Waals surface area contributed by atoms with Gasteiger partial charge in [-0.25, -0.2) is 4.98 Å². The van der Waals surface area contributed by atoms with Gasteiger partial charge in [-0.1, -0.05) is 58.6 Å². The van der Waals surface area contributed by atoms with Gasteiger partial charge in [0.15, 0.2) is 17.3 Å². The van der Waals surface area contributed by atoms with Crippen molar-refractivity contribution in [2.45, 2.75) is 30.4 Å². The Labute approximate surface area is 341 Å². The maximum absolute atomic E-state index is 15.4. The van der Waals surface area contributed by atoms with Gasteiger partial charge in [0.25, 0.3) is 17.5 Å². The van der Waals surface area contributed by atoms with Gasteiger partial charge in [0.05, 0.1) is 56.5 Å². The van der Waals surface area contributed by atoms with Crippen molar-refractivity contribution in [1.29, 1.82) is 0 Å². The summed E-state index contributed by atoms with van der Waals surface area (Å²) < 4.78 is 46.0. The molecule has 3 heterocycles. The number of imide groups is 2. The lowest BCUT2D eigenvalue weighted by molar-refractivity contribution is -0.384. The Hall–Kier alpha value is -5.71. The summed E-state index contributed by atoms with van der Waals surface area (Å²) in [6.45, 7) is 0. The number of nitro groups is 1. The number of hydrogen-bond acceptors (Lipinski definition) is 10. The number of nitrogens with zero attached hydrogens (tertiary/aromatic N) is 4. The summed E-state index contributed by atoms with van der Waals surface area (Å²) in [4.78, 5) is 74.3. The van der Waals surface area contributed by atoms with Crippen LogP contribution in [-0.2, 0) is 30.8 Å². The zero-order valence-electron chi connectivity index (χ0n) is 29.7.